The Morgan fingerprint density at radius 1 is 1.24 bits per heavy atom. The first-order valence-corrected chi connectivity index (χ1v) is 8.28. The van der Waals surface area contributed by atoms with Crippen LogP contribution in [0.15, 0.2) is 48.5 Å². The molecular weight excluding hydrogens is 314 g/mol. The van der Waals surface area contributed by atoms with Gasteiger partial charge in [0.2, 0.25) is 5.91 Å². The maximum Gasteiger partial charge on any atom is 0.241 e. The topological polar surface area (TPSA) is 74.2 Å². The highest BCUT2D eigenvalue weighted by Gasteiger charge is 2.18. The molecule has 0 bridgehead atoms. The van der Waals surface area contributed by atoms with Crippen molar-refractivity contribution in [2.45, 2.75) is 32.4 Å². The van der Waals surface area contributed by atoms with E-state index in [9.17, 15) is 4.79 Å². The molecule has 0 saturated heterocycles. The van der Waals surface area contributed by atoms with Gasteiger partial charge >= 0.3 is 0 Å². The molecule has 25 heavy (non-hydrogen) atoms. The third-order valence-corrected chi connectivity index (χ3v) is 4.03. The summed E-state index contributed by atoms with van der Waals surface area (Å²) < 4.78 is 5.18. The van der Waals surface area contributed by atoms with E-state index < -0.39 is 0 Å². The van der Waals surface area contributed by atoms with Crippen LogP contribution in [0.3, 0.4) is 0 Å². The van der Waals surface area contributed by atoms with Gasteiger partial charge in [-0.3, -0.25) is 10.1 Å². The number of nitrogens with one attached hydrogen (secondary N) is 2. The van der Waals surface area contributed by atoms with Gasteiger partial charge in [0.15, 0.2) is 0 Å². The number of nitriles is 1. The van der Waals surface area contributed by atoms with Crippen molar-refractivity contribution in [2.24, 2.45) is 0 Å². The van der Waals surface area contributed by atoms with Crippen LogP contribution in [0.25, 0.3) is 0 Å². The first kappa shape index (κ1) is 18.5. The van der Waals surface area contributed by atoms with Gasteiger partial charge in [0, 0.05) is 11.7 Å². The lowest BCUT2D eigenvalue weighted by Gasteiger charge is -2.22. The molecule has 0 unspecified atom stereocenters. The second-order valence-electron chi connectivity index (χ2n) is 5.80. The SMILES string of the molecule is CC[C@@H](N[C@@H](C)C(=O)Nc1cccc(C#N)c1)c1ccc(OC)cc1. The highest BCUT2D eigenvalue weighted by atomic mass is 16.5. The van der Waals surface area contributed by atoms with E-state index in [0.717, 1.165) is 17.7 Å². The Morgan fingerprint density at radius 2 is 1.96 bits per heavy atom. The maximum atomic E-state index is 12.4. The number of carbonyl (C=O) groups is 1. The maximum absolute atomic E-state index is 12.4. The van der Waals surface area contributed by atoms with E-state index in [4.69, 9.17) is 10.00 Å². The fourth-order valence-corrected chi connectivity index (χ4v) is 2.58. The van der Waals surface area contributed by atoms with Crippen LogP contribution in [0.2, 0.25) is 0 Å². The zero-order valence-electron chi connectivity index (χ0n) is 14.7. The summed E-state index contributed by atoms with van der Waals surface area (Å²) in [7, 11) is 1.64. The number of hydrogen-bond acceptors (Lipinski definition) is 4. The molecule has 0 saturated carbocycles. The van der Waals surface area contributed by atoms with Crippen LogP contribution in [0, 0.1) is 11.3 Å². The van der Waals surface area contributed by atoms with Gasteiger partial charge in [0.05, 0.1) is 24.8 Å². The molecule has 2 aromatic rings. The Balaban J connectivity index is 2.01. The minimum Gasteiger partial charge on any atom is -0.497 e. The second-order valence-corrected chi connectivity index (χ2v) is 5.80. The molecule has 130 valence electrons. The molecule has 0 radical (unpaired) electrons. The van der Waals surface area contributed by atoms with Crippen LogP contribution in [-0.4, -0.2) is 19.1 Å². The fourth-order valence-electron chi connectivity index (χ4n) is 2.58. The summed E-state index contributed by atoms with van der Waals surface area (Å²) in [4.78, 5) is 12.4. The van der Waals surface area contributed by atoms with Crippen molar-refractivity contribution in [3.8, 4) is 11.8 Å². The number of anilines is 1. The van der Waals surface area contributed by atoms with Gasteiger partial charge in [-0.1, -0.05) is 25.1 Å². The van der Waals surface area contributed by atoms with Gasteiger partial charge in [-0.15, -0.1) is 0 Å². The van der Waals surface area contributed by atoms with Crippen molar-refractivity contribution < 1.29 is 9.53 Å². The van der Waals surface area contributed by atoms with E-state index in [-0.39, 0.29) is 18.0 Å². The average molecular weight is 337 g/mol. The molecule has 5 nitrogen and oxygen atoms in total. The molecular formula is C20H23N3O2. The highest BCUT2D eigenvalue weighted by molar-refractivity contribution is 5.94. The number of ether oxygens (including phenoxy) is 1. The predicted molar refractivity (Wildman–Crippen MR) is 98.4 cm³/mol. The number of benzene rings is 2. The van der Waals surface area contributed by atoms with Gasteiger partial charge in [-0.25, -0.2) is 0 Å². The van der Waals surface area contributed by atoms with Gasteiger partial charge in [-0.2, -0.15) is 5.26 Å². The monoisotopic (exact) mass is 337 g/mol. The lowest BCUT2D eigenvalue weighted by molar-refractivity contribution is -0.118. The lowest BCUT2D eigenvalue weighted by Crippen LogP contribution is -2.40. The Kier molecular flexibility index (Phi) is 6.55. The zero-order chi connectivity index (χ0) is 18.2. The fraction of sp³-hybridized carbons (Fsp3) is 0.300. The van der Waals surface area contributed by atoms with Crippen LogP contribution < -0.4 is 15.4 Å². The van der Waals surface area contributed by atoms with Crippen molar-refractivity contribution in [1.82, 2.24) is 5.32 Å². The normalized spacial score (nSPS) is 12.7. The number of nitrogens with zero attached hydrogens (tertiary/aromatic N) is 1. The van der Waals surface area contributed by atoms with E-state index in [1.807, 2.05) is 31.2 Å². The molecule has 0 aromatic heterocycles. The molecule has 0 fully saturated rings. The Labute approximate surface area is 148 Å². The average Bonchev–Trinajstić information content (AvgIpc) is 2.66. The summed E-state index contributed by atoms with van der Waals surface area (Å²) in [5.41, 5.74) is 2.24. The van der Waals surface area contributed by atoms with E-state index in [1.54, 1.807) is 31.4 Å². The lowest BCUT2D eigenvalue weighted by atomic mass is 10.0. The first-order chi connectivity index (χ1) is 12.1. The van der Waals surface area contributed by atoms with Crippen LogP contribution >= 0.6 is 0 Å². The quantitative estimate of drug-likeness (QED) is 0.809. The molecule has 0 aliphatic rings. The first-order valence-electron chi connectivity index (χ1n) is 8.28. The largest absolute Gasteiger partial charge is 0.497 e. The minimum absolute atomic E-state index is 0.0668. The molecule has 0 aliphatic carbocycles. The Hall–Kier alpha value is -2.84. The van der Waals surface area contributed by atoms with Crippen molar-refractivity contribution in [1.29, 1.82) is 5.26 Å². The van der Waals surface area contributed by atoms with E-state index in [1.165, 1.54) is 0 Å². The van der Waals surface area contributed by atoms with Crippen LogP contribution in [0.4, 0.5) is 5.69 Å². The third kappa shape index (κ3) is 5.07. The Bertz CT molecular complexity index is 750. The summed E-state index contributed by atoms with van der Waals surface area (Å²) in [6.45, 7) is 3.90. The van der Waals surface area contributed by atoms with Crippen molar-refractivity contribution in [3.63, 3.8) is 0 Å². The highest BCUT2D eigenvalue weighted by Crippen LogP contribution is 2.21. The molecule has 0 aliphatic heterocycles. The van der Waals surface area contributed by atoms with E-state index >= 15 is 0 Å². The molecule has 2 rings (SSSR count). The number of rotatable bonds is 7. The molecule has 2 aromatic carbocycles. The number of amides is 1. The van der Waals surface area contributed by atoms with Crippen LogP contribution in [0.1, 0.15) is 37.4 Å². The molecule has 0 spiro atoms. The standard InChI is InChI=1S/C20H23N3O2/c1-4-19(16-8-10-18(25-3)11-9-16)22-14(2)20(24)23-17-7-5-6-15(12-17)13-21/h5-12,14,19,22H,4H2,1-3H3,(H,23,24)/t14-,19+/m0/s1. The predicted octanol–water partition coefficient (Wildman–Crippen LogP) is 3.63. The molecule has 5 heteroatoms. The molecule has 2 atom stereocenters. The summed E-state index contributed by atoms with van der Waals surface area (Å²) in [6.07, 6.45) is 0.855. The molecule has 0 heterocycles. The van der Waals surface area contributed by atoms with Crippen LogP contribution in [-0.2, 0) is 4.79 Å². The number of carbonyl (C=O) groups excluding carboxylic acids is 1. The zero-order valence-corrected chi connectivity index (χ0v) is 14.7. The van der Waals surface area contributed by atoms with E-state index in [0.29, 0.717) is 11.3 Å². The summed E-state index contributed by atoms with van der Waals surface area (Å²) in [5.74, 6) is 0.670. The van der Waals surface area contributed by atoms with Crippen molar-refractivity contribution in [3.05, 3.63) is 59.7 Å². The summed E-state index contributed by atoms with van der Waals surface area (Å²) in [5, 5.41) is 15.1. The molecule has 2 N–H and O–H groups in total. The van der Waals surface area contributed by atoms with Gasteiger partial charge in [0.1, 0.15) is 5.75 Å². The van der Waals surface area contributed by atoms with Crippen molar-refractivity contribution in [2.75, 3.05) is 12.4 Å². The van der Waals surface area contributed by atoms with Crippen molar-refractivity contribution >= 4 is 11.6 Å². The molecule has 1 amide bonds. The second kappa shape index (κ2) is 8.86. The summed E-state index contributed by atoms with van der Waals surface area (Å²) in [6, 6.07) is 16.5. The van der Waals surface area contributed by atoms with Gasteiger partial charge in [0.25, 0.3) is 0 Å². The Morgan fingerprint density at radius 3 is 2.56 bits per heavy atom. The third-order valence-electron chi connectivity index (χ3n) is 4.03. The number of hydrogen-bond donors (Lipinski definition) is 2. The van der Waals surface area contributed by atoms with E-state index in [2.05, 4.69) is 23.6 Å². The van der Waals surface area contributed by atoms with Gasteiger partial charge in [-0.05, 0) is 49.2 Å². The smallest absolute Gasteiger partial charge is 0.241 e. The van der Waals surface area contributed by atoms with Crippen LogP contribution in [0.5, 0.6) is 5.75 Å². The minimum atomic E-state index is -0.377. The van der Waals surface area contributed by atoms with Gasteiger partial charge < -0.3 is 10.1 Å². The number of methoxy groups -OCH3 is 1. The summed E-state index contributed by atoms with van der Waals surface area (Å²) >= 11 is 0.